The van der Waals surface area contributed by atoms with Gasteiger partial charge in [0.1, 0.15) is 0 Å². The monoisotopic (exact) mass is 343 g/mol. The second kappa shape index (κ2) is 5.33. The molecule has 1 aliphatic heterocycles. The maximum atomic E-state index is 15.1. The molecule has 8 heteroatoms. The predicted octanol–water partition coefficient (Wildman–Crippen LogP) is 2.33. The first kappa shape index (κ1) is 15.5. The van der Waals surface area contributed by atoms with Gasteiger partial charge in [-0.3, -0.25) is 0 Å². The van der Waals surface area contributed by atoms with E-state index in [-0.39, 0.29) is 24.5 Å². The number of hydrogen-bond donors (Lipinski definition) is 0. The van der Waals surface area contributed by atoms with E-state index in [2.05, 4.69) is 4.98 Å². The Morgan fingerprint density at radius 3 is 2.82 bits per heavy atom. The van der Waals surface area contributed by atoms with Crippen molar-refractivity contribution in [2.45, 2.75) is 17.1 Å². The van der Waals surface area contributed by atoms with Crippen LogP contribution in [0.1, 0.15) is 12.0 Å². The molecule has 3 rings (SSSR count). The van der Waals surface area contributed by atoms with Crippen molar-refractivity contribution in [3.63, 3.8) is 0 Å². The summed E-state index contributed by atoms with van der Waals surface area (Å²) < 4.78 is 42.8. The number of rotatable bonds is 3. The Morgan fingerprint density at radius 1 is 1.41 bits per heavy atom. The summed E-state index contributed by atoms with van der Waals surface area (Å²) in [6.07, 6.45) is 2.91. The quantitative estimate of drug-likeness (QED) is 0.859. The minimum absolute atomic E-state index is 0.0645. The third kappa shape index (κ3) is 2.64. The van der Waals surface area contributed by atoms with E-state index in [9.17, 15) is 8.42 Å². The molecular formula is C14H15ClFN3O2S. The summed E-state index contributed by atoms with van der Waals surface area (Å²) in [5.74, 6) is 0. The number of aromatic nitrogens is 2. The maximum Gasteiger partial charge on any atom is 0.262 e. The fourth-order valence-electron chi connectivity index (χ4n) is 2.60. The Kier molecular flexibility index (Phi) is 3.74. The zero-order valence-corrected chi connectivity index (χ0v) is 13.5. The molecule has 1 unspecified atom stereocenters. The number of hydrogen-bond acceptors (Lipinski definition) is 3. The van der Waals surface area contributed by atoms with Crippen molar-refractivity contribution >= 4 is 21.6 Å². The summed E-state index contributed by atoms with van der Waals surface area (Å²) in [7, 11) is -2.10. The van der Waals surface area contributed by atoms with E-state index in [4.69, 9.17) is 11.6 Å². The van der Waals surface area contributed by atoms with E-state index in [1.165, 1.54) is 12.5 Å². The van der Waals surface area contributed by atoms with Crippen LogP contribution < -0.4 is 0 Å². The molecule has 1 aliphatic rings. The second-order valence-corrected chi connectivity index (χ2v) is 7.76. The minimum Gasteiger partial charge on any atom is -0.339 e. The van der Waals surface area contributed by atoms with Crippen LogP contribution in [-0.4, -0.2) is 35.4 Å². The molecular weight excluding hydrogens is 329 g/mol. The number of imidazole rings is 1. The molecule has 0 spiro atoms. The highest BCUT2D eigenvalue weighted by molar-refractivity contribution is 7.89. The zero-order chi connectivity index (χ0) is 16.0. The van der Waals surface area contributed by atoms with Gasteiger partial charge in [-0.25, -0.2) is 17.8 Å². The van der Waals surface area contributed by atoms with Crippen LogP contribution in [0, 0.1) is 0 Å². The van der Waals surface area contributed by atoms with Crippen molar-refractivity contribution in [3.8, 4) is 0 Å². The van der Waals surface area contributed by atoms with Gasteiger partial charge < -0.3 is 4.57 Å². The first-order valence-corrected chi connectivity index (χ1v) is 8.56. The predicted molar refractivity (Wildman–Crippen MR) is 80.8 cm³/mol. The van der Waals surface area contributed by atoms with Gasteiger partial charge in [-0.05, 0) is 17.7 Å². The summed E-state index contributed by atoms with van der Waals surface area (Å²) in [5.41, 5.74) is -1.33. The van der Waals surface area contributed by atoms with Gasteiger partial charge in [-0.1, -0.05) is 23.7 Å². The first-order chi connectivity index (χ1) is 10.3. The smallest absolute Gasteiger partial charge is 0.262 e. The van der Waals surface area contributed by atoms with Crippen molar-refractivity contribution in [2.75, 3.05) is 13.1 Å². The molecule has 0 N–H and O–H groups in total. The number of halogens is 2. The largest absolute Gasteiger partial charge is 0.339 e. The molecule has 2 aromatic rings. The van der Waals surface area contributed by atoms with Gasteiger partial charge in [-0.15, -0.1) is 0 Å². The van der Waals surface area contributed by atoms with Gasteiger partial charge in [0.15, 0.2) is 10.7 Å². The summed E-state index contributed by atoms with van der Waals surface area (Å²) in [6.45, 7) is -0.117. The van der Waals surface area contributed by atoms with Crippen LogP contribution >= 0.6 is 11.6 Å². The molecule has 0 radical (unpaired) electrons. The first-order valence-electron chi connectivity index (χ1n) is 6.74. The van der Waals surface area contributed by atoms with E-state index >= 15 is 4.39 Å². The number of sulfonamides is 1. The fraction of sp³-hybridized carbons (Fsp3) is 0.357. The van der Waals surface area contributed by atoms with Crippen LogP contribution in [0.25, 0.3) is 0 Å². The number of benzene rings is 1. The molecule has 22 heavy (non-hydrogen) atoms. The SMILES string of the molecule is Cn1cnc(S(=O)(=O)N2CCC(F)(c3cccc(Cl)c3)C2)c1. The third-order valence-corrected chi connectivity index (χ3v) is 5.78. The number of alkyl halides is 1. The fourth-order valence-corrected chi connectivity index (χ4v) is 4.24. The Morgan fingerprint density at radius 2 is 2.18 bits per heavy atom. The summed E-state index contributed by atoms with van der Waals surface area (Å²) >= 11 is 5.90. The second-order valence-electron chi connectivity index (χ2n) is 5.44. The highest BCUT2D eigenvalue weighted by Gasteiger charge is 2.45. The number of aryl methyl sites for hydroxylation is 1. The van der Waals surface area contributed by atoms with E-state index in [0.717, 1.165) is 4.31 Å². The average molecular weight is 344 g/mol. The zero-order valence-electron chi connectivity index (χ0n) is 11.9. The molecule has 1 aromatic heterocycles. The highest BCUT2D eigenvalue weighted by Crippen LogP contribution is 2.38. The summed E-state index contributed by atoms with van der Waals surface area (Å²) in [4.78, 5) is 3.86. The third-order valence-electron chi connectivity index (χ3n) is 3.81. The summed E-state index contributed by atoms with van der Waals surface area (Å²) in [5, 5.41) is 0.367. The van der Waals surface area contributed by atoms with Gasteiger partial charge in [0, 0.05) is 31.2 Å². The lowest BCUT2D eigenvalue weighted by Crippen LogP contribution is -2.32. The topological polar surface area (TPSA) is 55.2 Å². The molecule has 0 aliphatic carbocycles. The van der Waals surface area contributed by atoms with Crippen molar-refractivity contribution in [1.82, 2.24) is 13.9 Å². The van der Waals surface area contributed by atoms with Gasteiger partial charge in [0.2, 0.25) is 0 Å². The average Bonchev–Trinajstić information content (AvgIpc) is 3.07. The number of nitrogens with zero attached hydrogens (tertiary/aromatic N) is 3. The normalized spacial score (nSPS) is 23.0. The molecule has 1 atom stereocenters. The molecule has 1 saturated heterocycles. The van der Waals surface area contributed by atoms with E-state index < -0.39 is 15.7 Å². The standard InChI is InChI=1S/C14H15ClFN3O2S/c1-18-8-13(17-10-18)22(20,21)19-6-5-14(16,9-19)11-3-2-4-12(15)7-11/h2-4,7-8,10H,5-6,9H2,1H3. The Bertz CT molecular complexity index is 808. The Hall–Kier alpha value is -1.44. The lowest BCUT2D eigenvalue weighted by atomic mass is 9.95. The molecule has 2 heterocycles. The molecule has 118 valence electrons. The molecule has 1 fully saturated rings. The highest BCUT2D eigenvalue weighted by atomic mass is 35.5. The van der Waals surface area contributed by atoms with Gasteiger partial charge >= 0.3 is 0 Å². The van der Waals surface area contributed by atoms with Crippen LogP contribution in [0.5, 0.6) is 0 Å². The summed E-state index contributed by atoms with van der Waals surface area (Å²) in [6, 6.07) is 6.49. The lowest BCUT2D eigenvalue weighted by molar-refractivity contribution is 0.183. The van der Waals surface area contributed by atoms with Crippen molar-refractivity contribution in [1.29, 1.82) is 0 Å². The van der Waals surface area contributed by atoms with E-state index in [0.29, 0.717) is 10.6 Å². The Balaban J connectivity index is 1.88. The van der Waals surface area contributed by atoms with E-state index in [1.54, 1.807) is 35.9 Å². The van der Waals surface area contributed by atoms with Crippen LogP contribution in [0.15, 0.2) is 41.8 Å². The van der Waals surface area contributed by atoms with Crippen LogP contribution in [0.2, 0.25) is 5.02 Å². The molecule has 5 nitrogen and oxygen atoms in total. The molecule has 0 saturated carbocycles. The molecule has 0 amide bonds. The molecule has 0 bridgehead atoms. The van der Waals surface area contributed by atoms with Crippen molar-refractivity contribution in [3.05, 3.63) is 47.4 Å². The van der Waals surface area contributed by atoms with Gasteiger partial charge in [0.25, 0.3) is 10.0 Å². The van der Waals surface area contributed by atoms with Crippen molar-refractivity contribution in [2.24, 2.45) is 7.05 Å². The van der Waals surface area contributed by atoms with Crippen LogP contribution in [-0.2, 0) is 22.7 Å². The maximum absolute atomic E-state index is 15.1. The molecule has 1 aromatic carbocycles. The van der Waals surface area contributed by atoms with Crippen LogP contribution in [0.3, 0.4) is 0 Å². The van der Waals surface area contributed by atoms with E-state index in [1.807, 2.05) is 0 Å². The Labute approximate surface area is 133 Å². The van der Waals surface area contributed by atoms with Crippen LogP contribution in [0.4, 0.5) is 4.39 Å². The van der Waals surface area contributed by atoms with Crippen molar-refractivity contribution < 1.29 is 12.8 Å². The van der Waals surface area contributed by atoms with Gasteiger partial charge in [-0.2, -0.15) is 4.31 Å². The lowest BCUT2D eigenvalue weighted by Gasteiger charge is -2.21. The minimum atomic E-state index is -3.78. The van der Waals surface area contributed by atoms with Gasteiger partial charge in [0.05, 0.1) is 12.9 Å².